The highest BCUT2D eigenvalue weighted by atomic mass is 32.1. The minimum absolute atomic E-state index is 0.0726. The van der Waals surface area contributed by atoms with Crippen LogP contribution in [0.5, 0.6) is 0 Å². The number of carbonyl (C=O) groups is 1. The van der Waals surface area contributed by atoms with E-state index in [0.717, 1.165) is 42.9 Å². The number of carbonyl (C=O) groups excluding carboxylic acids is 1. The third-order valence-electron chi connectivity index (χ3n) is 5.46. The maximum Gasteiger partial charge on any atom is 0.231 e. The Morgan fingerprint density at radius 2 is 2.26 bits per heavy atom. The molecule has 2 aromatic rings. The fourth-order valence-electron chi connectivity index (χ4n) is 3.81. The average Bonchev–Trinajstić information content (AvgIpc) is 3.25. The van der Waals surface area contributed by atoms with E-state index in [-0.39, 0.29) is 17.1 Å². The molecule has 0 N–H and O–H groups in total. The van der Waals surface area contributed by atoms with Crippen LogP contribution in [0.2, 0.25) is 0 Å². The quantitative estimate of drug-likeness (QED) is 0.618. The number of benzene rings is 1. The Balaban J connectivity index is 1.83. The van der Waals surface area contributed by atoms with Gasteiger partial charge in [0.25, 0.3) is 0 Å². The smallest absolute Gasteiger partial charge is 0.231 e. The van der Waals surface area contributed by atoms with Crippen molar-refractivity contribution in [2.75, 3.05) is 31.1 Å². The van der Waals surface area contributed by atoms with Crippen molar-refractivity contribution in [1.82, 2.24) is 4.90 Å². The van der Waals surface area contributed by atoms with Gasteiger partial charge in [-0.25, -0.2) is 4.39 Å². The van der Waals surface area contributed by atoms with Crippen LogP contribution in [0.3, 0.4) is 0 Å². The van der Waals surface area contributed by atoms with Crippen LogP contribution in [0.25, 0.3) is 0 Å². The first kappa shape index (κ1) is 19.8. The molecule has 0 fully saturated rings. The summed E-state index contributed by atoms with van der Waals surface area (Å²) in [5.74, 6) is -0.172. The van der Waals surface area contributed by atoms with E-state index >= 15 is 0 Å². The standard InChI is InChI=1S/C22H27FN2OS/c1-4-10-24(5-2)11-9-22(3)16-25(20-7-6-18(23)14-19(20)22)21(26)13-17-8-12-27-15-17/h4,6-8,12,14-15H,1,5,9-11,13,16H2,2-3H3. The molecular formula is C22H27FN2OS. The Morgan fingerprint density at radius 3 is 2.93 bits per heavy atom. The highest BCUT2D eigenvalue weighted by Gasteiger charge is 2.41. The number of thiophene rings is 1. The van der Waals surface area contributed by atoms with Gasteiger partial charge in [-0.1, -0.05) is 19.9 Å². The number of hydrogen-bond acceptors (Lipinski definition) is 3. The number of nitrogens with zero attached hydrogens (tertiary/aromatic N) is 2. The van der Waals surface area contributed by atoms with Crippen molar-refractivity contribution >= 4 is 22.9 Å². The Hall–Kier alpha value is -1.98. The maximum absolute atomic E-state index is 14.0. The second kappa shape index (κ2) is 8.36. The molecule has 0 spiro atoms. The van der Waals surface area contributed by atoms with Gasteiger partial charge in [0.15, 0.2) is 0 Å². The summed E-state index contributed by atoms with van der Waals surface area (Å²) < 4.78 is 14.0. The Bertz CT molecular complexity index is 805. The van der Waals surface area contributed by atoms with Gasteiger partial charge in [0.05, 0.1) is 6.42 Å². The van der Waals surface area contributed by atoms with Gasteiger partial charge in [-0.3, -0.25) is 9.69 Å². The van der Waals surface area contributed by atoms with Gasteiger partial charge in [-0.05, 0) is 65.7 Å². The molecule has 0 saturated heterocycles. The predicted octanol–water partition coefficient (Wildman–Crippen LogP) is 4.63. The van der Waals surface area contributed by atoms with E-state index in [9.17, 15) is 9.18 Å². The SMILES string of the molecule is C=CCN(CC)CCC1(C)CN(C(=O)Cc2ccsc2)c2ccc(F)cc21. The van der Waals surface area contributed by atoms with Crippen LogP contribution in [0.15, 0.2) is 47.7 Å². The van der Waals surface area contributed by atoms with Crippen molar-refractivity contribution in [3.63, 3.8) is 0 Å². The van der Waals surface area contributed by atoms with Crippen LogP contribution < -0.4 is 4.90 Å². The number of rotatable bonds is 8. The first-order valence-corrected chi connectivity index (χ1v) is 10.4. The van der Waals surface area contributed by atoms with E-state index in [2.05, 4.69) is 25.3 Å². The number of likely N-dealkylation sites (N-methyl/N-ethyl adjacent to an activating group) is 1. The van der Waals surface area contributed by atoms with Crippen LogP contribution in [-0.4, -0.2) is 37.0 Å². The summed E-state index contributed by atoms with van der Waals surface area (Å²) in [5.41, 5.74) is 2.57. The third-order valence-corrected chi connectivity index (χ3v) is 6.19. The molecule has 1 aromatic heterocycles. The van der Waals surface area contributed by atoms with Crippen molar-refractivity contribution in [3.8, 4) is 0 Å². The first-order valence-electron chi connectivity index (χ1n) is 9.41. The lowest BCUT2D eigenvalue weighted by atomic mass is 9.81. The molecule has 1 aromatic carbocycles. The molecule has 1 atom stereocenters. The summed E-state index contributed by atoms with van der Waals surface area (Å²) in [6.45, 7) is 11.4. The fourth-order valence-corrected chi connectivity index (χ4v) is 4.48. The number of anilines is 1. The molecule has 5 heteroatoms. The summed E-state index contributed by atoms with van der Waals surface area (Å²) in [7, 11) is 0. The molecule has 3 rings (SSSR count). The Kier molecular flexibility index (Phi) is 6.12. The van der Waals surface area contributed by atoms with Crippen LogP contribution in [0.4, 0.5) is 10.1 Å². The van der Waals surface area contributed by atoms with Crippen LogP contribution in [0, 0.1) is 5.82 Å². The number of halogens is 1. The van der Waals surface area contributed by atoms with Crippen molar-refractivity contribution in [3.05, 3.63) is 64.6 Å². The summed E-state index contributed by atoms with van der Waals surface area (Å²) in [5, 5.41) is 3.99. The summed E-state index contributed by atoms with van der Waals surface area (Å²) >= 11 is 1.60. The molecule has 1 aliphatic rings. The number of fused-ring (bicyclic) bond motifs is 1. The minimum atomic E-state index is -0.254. The average molecular weight is 387 g/mol. The predicted molar refractivity (Wildman–Crippen MR) is 111 cm³/mol. The van der Waals surface area contributed by atoms with Gasteiger partial charge in [-0.2, -0.15) is 11.3 Å². The van der Waals surface area contributed by atoms with Crippen LogP contribution in [-0.2, 0) is 16.6 Å². The van der Waals surface area contributed by atoms with Crippen molar-refractivity contribution in [2.45, 2.75) is 32.1 Å². The maximum atomic E-state index is 14.0. The van der Waals surface area contributed by atoms with Crippen LogP contribution >= 0.6 is 11.3 Å². The molecule has 0 bridgehead atoms. The lowest BCUT2D eigenvalue weighted by Crippen LogP contribution is -2.38. The molecule has 1 amide bonds. The molecule has 0 saturated carbocycles. The highest BCUT2D eigenvalue weighted by molar-refractivity contribution is 7.08. The van der Waals surface area contributed by atoms with E-state index in [1.807, 2.05) is 27.8 Å². The third kappa shape index (κ3) is 4.30. The van der Waals surface area contributed by atoms with Crippen molar-refractivity contribution < 1.29 is 9.18 Å². The molecular weight excluding hydrogens is 359 g/mol. The molecule has 3 nitrogen and oxygen atoms in total. The van der Waals surface area contributed by atoms with Gasteiger partial charge in [0, 0.05) is 24.2 Å². The first-order chi connectivity index (χ1) is 13.0. The topological polar surface area (TPSA) is 23.6 Å². The molecule has 27 heavy (non-hydrogen) atoms. The van der Waals surface area contributed by atoms with Gasteiger partial charge in [0.2, 0.25) is 5.91 Å². The second-order valence-corrected chi connectivity index (χ2v) is 8.22. The fraction of sp³-hybridized carbons (Fsp3) is 0.409. The molecule has 144 valence electrons. The van der Waals surface area contributed by atoms with E-state index < -0.39 is 0 Å². The zero-order valence-electron chi connectivity index (χ0n) is 16.1. The summed E-state index contributed by atoms with van der Waals surface area (Å²) in [6.07, 6.45) is 3.16. The zero-order chi connectivity index (χ0) is 19.4. The number of amides is 1. The van der Waals surface area contributed by atoms with Crippen molar-refractivity contribution in [2.24, 2.45) is 0 Å². The summed E-state index contributed by atoms with van der Waals surface area (Å²) in [6, 6.07) is 6.79. The minimum Gasteiger partial charge on any atom is -0.311 e. The largest absolute Gasteiger partial charge is 0.311 e. The van der Waals surface area contributed by atoms with Gasteiger partial charge in [-0.15, -0.1) is 6.58 Å². The number of hydrogen-bond donors (Lipinski definition) is 0. The van der Waals surface area contributed by atoms with Crippen molar-refractivity contribution in [1.29, 1.82) is 0 Å². The highest BCUT2D eigenvalue weighted by Crippen LogP contribution is 2.43. The lowest BCUT2D eigenvalue weighted by Gasteiger charge is -2.29. The van der Waals surface area contributed by atoms with Crippen LogP contribution in [0.1, 0.15) is 31.4 Å². The Labute approximate surface area is 165 Å². The van der Waals surface area contributed by atoms with Gasteiger partial charge >= 0.3 is 0 Å². The molecule has 1 aliphatic heterocycles. The van der Waals surface area contributed by atoms with E-state index in [1.54, 1.807) is 23.5 Å². The van der Waals surface area contributed by atoms with Gasteiger partial charge < -0.3 is 4.90 Å². The molecule has 2 heterocycles. The van der Waals surface area contributed by atoms with E-state index in [0.29, 0.717) is 13.0 Å². The van der Waals surface area contributed by atoms with Gasteiger partial charge in [0.1, 0.15) is 5.82 Å². The lowest BCUT2D eigenvalue weighted by molar-refractivity contribution is -0.118. The van der Waals surface area contributed by atoms with E-state index in [4.69, 9.17) is 0 Å². The molecule has 0 radical (unpaired) electrons. The molecule has 1 unspecified atom stereocenters. The molecule has 0 aliphatic carbocycles. The second-order valence-electron chi connectivity index (χ2n) is 7.44. The zero-order valence-corrected chi connectivity index (χ0v) is 16.9. The summed E-state index contributed by atoms with van der Waals surface area (Å²) in [4.78, 5) is 17.1. The monoisotopic (exact) mass is 386 g/mol. The normalized spacial score (nSPS) is 18.7. The Morgan fingerprint density at radius 1 is 1.44 bits per heavy atom. The van der Waals surface area contributed by atoms with E-state index in [1.165, 1.54) is 6.07 Å².